The maximum Gasteiger partial charge on any atom is 0.434 e. The molecule has 4 aromatic rings. The zero-order chi connectivity index (χ0) is 33.0. The number of hydrogen-bond acceptors (Lipinski definition) is 10. The number of halogens is 3. The van der Waals surface area contributed by atoms with Crippen LogP contribution in [0.15, 0.2) is 43.1 Å². The summed E-state index contributed by atoms with van der Waals surface area (Å²) in [6.45, 7) is 8.07. The number of imidazole rings is 1. The highest BCUT2D eigenvalue weighted by molar-refractivity contribution is 5.66. The van der Waals surface area contributed by atoms with Crippen molar-refractivity contribution in [3.05, 3.63) is 60.1 Å². The summed E-state index contributed by atoms with van der Waals surface area (Å²) < 4.78 is 53.0. The highest BCUT2D eigenvalue weighted by Crippen LogP contribution is 2.44. The summed E-state index contributed by atoms with van der Waals surface area (Å²) in [6.07, 6.45) is 1.54. The first-order chi connectivity index (χ1) is 22.7. The van der Waals surface area contributed by atoms with Gasteiger partial charge in [0.05, 0.1) is 39.1 Å². The van der Waals surface area contributed by atoms with Gasteiger partial charge in [-0.1, -0.05) is 36.1 Å². The van der Waals surface area contributed by atoms with Gasteiger partial charge in [-0.2, -0.15) is 18.2 Å². The summed E-state index contributed by atoms with van der Waals surface area (Å²) >= 11 is 0. The van der Waals surface area contributed by atoms with E-state index in [1.807, 2.05) is 30.9 Å². The Morgan fingerprint density at radius 2 is 1.74 bits per heavy atom. The number of rotatable bonds is 10. The van der Waals surface area contributed by atoms with Gasteiger partial charge in [0.2, 0.25) is 11.8 Å². The number of morpholine rings is 1. The van der Waals surface area contributed by atoms with Crippen LogP contribution in [-0.2, 0) is 17.5 Å². The van der Waals surface area contributed by atoms with E-state index in [0.717, 1.165) is 43.4 Å². The van der Waals surface area contributed by atoms with E-state index < -0.39 is 11.9 Å². The van der Waals surface area contributed by atoms with Crippen molar-refractivity contribution in [2.75, 3.05) is 51.4 Å². The number of benzene rings is 1. The van der Waals surface area contributed by atoms with Gasteiger partial charge in [0, 0.05) is 43.4 Å². The largest absolute Gasteiger partial charge is 0.480 e. The Bertz CT molecular complexity index is 1740. The molecule has 2 aliphatic rings. The van der Waals surface area contributed by atoms with E-state index in [1.165, 1.54) is 17.2 Å². The highest BCUT2D eigenvalue weighted by Gasteiger charge is 2.35. The van der Waals surface area contributed by atoms with Crippen LogP contribution < -0.4 is 9.64 Å². The second kappa shape index (κ2) is 14.0. The molecule has 4 heterocycles. The van der Waals surface area contributed by atoms with Gasteiger partial charge in [-0.15, -0.1) is 0 Å². The number of nitrogens with zero attached hydrogens (tertiary/aromatic N) is 9. The van der Waals surface area contributed by atoms with E-state index in [-0.39, 0.29) is 11.9 Å². The lowest BCUT2D eigenvalue weighted by molar-refractivity contribution is -0.140. The molecule has 1 aliphatic carbocycles. The van der Waals surface area contributed by atoms with Gasteiger partial charge >= 0.3 is 6.18 Å². The minimum Gasteiger partial charge on any atom is -0.480 e. The van der Waals surface area contributed by atoms with Gasteiger partial charge in [0.15, 0.2) is 11.5 Å². The Labute approximate surface area is 271 Å². The number of hydrogen-bond donors (Lipinski definition) is 0. The monoisotopic (exact) mass is 647 g/mol. The molecule has 11 nitrogen and oxygen atoms in total. The Kier molecular flexibility index (Phi) is 9.65. The molecule has 0 unspecified atom stereocenters. The van der Waals surface area contributed by atoms with Crippen molar-refractivity contribution in [3.63, 3.8) is 0 Å². The lowest BCUT2D eigenvalue weighted by Crippen LogP contribution is -2.36. The molecule has 0 N–H and O–H groups in total. The van der Waals surface area contributed by atoms with Gasteiger partial charge < -0.3 is 18.9 Å². The predicted molar refractivity (Wildman–Crippen MR) is 169 cm³/mol. The standard InChI is InChI=1S/C33H36F3N9O2/c1-22(2)45-19-26(33(34,35)36)41-30(45)25-8-6-23(7-9-25)18-44(13-5-4-12-43-14-16-47-17-15-43)32-40-21-38-29(42-32)27-28(24-10-11-24)37-20-39-31(27)46-3/h6-9,19-22,24H,10-18H2,1-3H3. The fourth-order valence-corrected chi connectivity index (χ4v) is 5.37. The molecule has 0 atom stereocenters. The first-order valence-corrected chi connectivity index (χ1v) is 15.6. The topological polar surface area (TPSA) is 107 Å². The highest BCUT2D eigenvalue weighted by atomic mass is 19.4. The van der Waals surface area contributed by atoms with Crippen molar-refractivity contribution in [3.8, 4) is 40.5 Å². The Morgan fingerprint density at radius 3 is 2.43 bits per heavy atom. The Hall–Kier alpha value is -4.61. The molecule has 1 aromatic carbocycles. The van der Waals surface area contributed by atoms with Crippen LogP contribution in [0, 0.1) is 11.8 Å². The smallest absolute Gasteiger partial charge is 0.434 e. The summed E-state index contributed by atoms with van der Waals surface area (Å²) in [5, 5.41) is 0. The minimum atomic E-state index is -4.53. The van der Waals surface area contributed by atoms with Crippen molar-refractivity contribution >= 4 is 5.95 Å². The fourth-order valence-electron chi connectivity index (χ4n) is 5.37. The summed E-state index contributed by atoms with van der Waals surface area (Å²) in [5.41, 5.74) is 2.07. The van der Waals surface area contributed by atoms with Crippen molar-refractivity contribution in [1.29, 1.82) is 0 Å². The normalized spacial score (nSPS) is 15.4. The molecular weight excluding hydrogens is 611 g/mol. The number of methoxy groups -OCH3 is 1. The maximum atomic E-state index is 13.5. The second-order valence-electron chi connectivity index (χ2n) is 11.8. The first-order valence-electron chi connectivity index (χ1n) is 15.6. The molecule has 246 valence electrons. The Balaban J connectivity index is 1.29. The van der Waals surface area contributed by atoms with E-state index in [1.54, 1.807) is 19.2 Å². The predicted octanol–water partition coefficient (Wildman–Crippen LogP) is 5.02. The van der Waals surface area contributed by atoms with E-state index >= 15 is 0 Å². The van der Waals surface area contributed by atoms with Gasteiger partial charge in [0.25, 0.3) is 0 Å². The summed E-state index contributed by atoms with van der Waals surface area (Å²) in [4.78, 5) is 30.8. The molecule has 14 heteroatoms. The van der Waals surface area contributed by atoms with E-state index in [0.29, 0.717) is 67.5 Å². The molecule has 47 heavy (non-hydrogen) atoms. The van der Waals surface area contributed by atoms with Crippen LogP contribution in [0.4, 0.5) is 19.1 Å². The van der Waals surface area contributed by atoms with Gasteiger partial charge in [-0.25, -0.2) is 24.9 Å². The average Bonchev–Trinajstić information content (AvgIpc) is 3.82. The lowest BCUT2D eigenvalue weighted by Gasteiger charge is -2.24. The second-order valence-corrected chi connectivity index (χ2v) is 11.8. The van der Waals surface area contributed by atoms with Crippen LogP contribution in [-0.4, -0.2) is 85.9 Å². The van der Waals surface area contributed by atoms with Crippen molar-refractivity contribution in [1.82, 2.24) is 39.4 Å². The third-order valence-electron chi connectivity index (χ3n) is 8.03. The molecule has 3 aromatic heterocycles. The van der Waals surface area contributed by atoms with Gasteiger partial charge in [-0.3, -0.25) is 4.90 Å². The first kappa shape index (κ1) is 32.3. The Morgan fingerprint density at radius 1 is 1.00 bits per heavy atom. The van der Waals surface area contributed by atoms with Crippen LogP contribution in [0.2, 0.25) is 0 Å². The van der Waals surface area contributed by atoms with Crippen molar-refractivity contribution in [2.24, 2.45) is 0 Å². The summed E-state index contributed by atoms with van der Waals surface area (Å²) in [7, 11) is 1.56. The zero-order valence-electron chi connectivity index (χ0n) is 26.5. The third kappa shape index (κ3) is 7.69. The van der Waals surface area contributed by atoms with Crippen LogP contribution in [0.5, 0.6) is 5.88 Å². The van der Waals surface area contributed by atoms with Gasteiger partial charge in [-0.05, 0) is 32.3 Å². The molecule has 1 saturated carbocycles. The van der Waals surface area contributed by atoms with E-state index in [9.17, 15) is 13.2 Å². The molecule has 1 aliphatic heterocycles. The van der Waals surface area contributed by atoms with Crippen LogP contribution in [0.25, 0.3) is 22.8 Å². The number of alkyl halides is 3. The molecule has 0 radical (unpaired) electrons. The molecule has 1 saturated heterocycles. The third-order valence-corrected chi connectivity index (χ3v) is 8.03. The van der Waals surface area contributed by atoms with Gasteiger partial charge in [0.1, 0.15) is 24.0 Å². The molecule has 6 rings (SSSR count). The molecule has 0 bridgehead atoms. The summed E-state index contributed by atoms with van der Waals surface area (Å²) in [6, 6.07) is 7.11. The SMILES string of the molecule is COc1ncnc(C2CC2)c1-c1ncnc(N(CC#CCN2CCOCC2)Cc2ccc(-c3nc(C(F)(F)F)cn3C(C)C)cc2)n1. The minimum absolute atomic E-state index is 0.202. The van der Waals surface area contributed by atoms with Crippen LogP contribution in [0.1, 0.15) is 55.6 Å². The van der Waals surface area contributed by atoms with Crippen LogP contribution in [0.3, 0.4) is 0 Å². The molecule has 0 amide bonds. The number of anilines is 1. The fraction of sp³-hybridized carbons (Fsp3) is 0.455. The zero-order valence-corrected chi connectivity index (χ0v) is 26.5. The molecular formula is C33H36F3N9O2. The summed E-state index contributed by atoms with van der Waals surface area (Å²) in [5.74, 6) is 8.33. The van der Waals surface area contributed by atoms with Crippen molar-refractivity contribution in [2.45, 2.75) is 51.4 Å². The van der Waals surface area contributed by atoms with E-state index in [2.05, 4.69) is 41.7 Å². The number of ether oxygens (including phenoxy) is 2. The van der Waals surface area contributed by atoms with Crippen molar-refractivity contribution < 1.29 is 22.6 Å². The quantitative estimate of drug-likeness (QED) is 0.218. The van der Waals surface area contributed by atoms with E-state index in [4.69, 9.17) is 14.5 Å². The molecule has 2 fully saturated rings. The molecule has 0 spiro atoms. The number of aromatic nitrogens is 7. The van der Waals surface area contributed by atoms with Crippen LogP contribution >= 0.6 is 0 Å². The lowest BCUT2D eigenvalue weighted by atomic mass is 10.1. The average molecular weight is 648 g/mol. The maximum absolute atomic E-state index is 13.5.